The van der Waals surface area contributed by atoms with Crippen LogP contribution in [0.4, 0.5) is 5.69 Å². The zero-order valence-corrected chi connectivity index (χ0v) is 10.1. The fourth-order valence-electron chi connectivity index (χ4n) is 1.87. The zero-order chi connectivity index (χ0) is 12.3. The van der Waals surface area contributed by atoms with E-state index in [0.717, 1.165) is 24.0 Å². The molecule has 0 aromatic carbocycles. The number of anilines is 1. The van der Waals surface area contributed by atoms with Crippen LogP contribution >= 0.6 is 0 Å². The van der Waals surface area contributed by atoms with Gasteiger partial charge in [0.1, 0.15) is 0 Å². The van der Waals surface area contributed by atoms with Crippen molar-refractivity contribution in [2.45, 2.75) is 31.7 Å². The number of hydrogen-bond donors (Lipinski definition) is 2. The van der Waals surface area contributed by atoms with Gasteiger partial charge in [0.15, 0.2) is 0 Å². The molecule has 4 heteroatoms. The average Bonchev–Trinajstić information content (AvgIpc) is 2.28. The summed E-state index contributed by atoms with van der Waals surface area (Å²) in [5, 5.41) is 0. The van der Waals surface area contributed by atoms with E-state index in [0.29, 0.717) is 5.69 Å². The van der Waals surface area contributed by atoms with Gasteiger partial charge in [-0.25, -0.2) is 0 Å². The molecule has 0 atom stereocenters. The van der Waals surface area contributed by atoms with Crippen LogP contribution in [0, 0.1) is 0 Å². The maximum absolute atomic E-state index is 5.70. The molecule has 0 aliphatic heterocycles. The number of allylic oxidation sites excluding steroid dienone is 1. The molecule has 1 saturated carbocycles. The molecule has 0 amide bonds. The molecule has 17 heavy (non-hydrogen) atoms. The Morgan fingerprint density at radius 3 is 2.76 bits per heavy atom. The third kappa shape index (κ3) is 2.64. The Bertz CT molecular complexity index is 458. The molecule has 1 aliphatic rings. The molecular formula is C13H18N4. The second-order valence-electron chi connectivity index (χ2n) is 4.74. The van der Waals surface area contributed by atoms with Gasteiger partial charge in [-0.1, -0.05) is 0 Å². The predicted octanol–water partition coefficient (Wildman–Crippen LogP) is 1.98. The summed E-state index contributed by atoms with van der Waals surface area (Å²) in [6.07, 6.45) is 10.3. The predicted molar refractivity (Wildman–Crippen MR) is 71.6 cm³/mol. The summed E-state index contributed by atoms with van der Waals surface area (Å²) in [6.45, 7) is 2.17. The first-order valence-electron chi connectivity index (χ1n) is 5.81. The van der Waals surface area contributed by atoms with Crippen LogP contribution in [0.5, 0.6) is 0 Å². The fraction of sp³-hybridized carbons (Fsp3) is 0.385. The van der Waals surface area contributed by atoms with E-state index in [1.54, 1.807) is 18.6 Å². The van der Waals surface area contributed by atoms with E-state index in [4.69, 9.17) is 11.5 Å². The van der Waals surface area contributed by atoms with Gasteiger partial charge in [0.25, 0.3) is 0 Å². The summed E-state index contributed by atoms with van der Waals surface area (Å²) in [7, 11) is 0. The Balaban J connectivity index is 2.17. The van der Waals surface area contributed by atoms with E-state index in [1.165, 1.54) is 6.42 Å². The monoisotopic (exact) mass is 230 g/mol. The molecule has 2 rings (SSSR count). The highest BCUT2D eigenvalue weighted by Gasteiger charge is 2.30. The molecule has 0 radical (unpaired) electrons. The molecule has 0 saturated heterocycles. The standard InChI is InChI=1S/C13H18N4/c1-13(3-2-4-13)17-8-11(6-14)10-5-12(15)9-16-7-10/h5-9H,2-4,14-15H2,1H3/b11-6+,17-8?. The highest BCUT2D eigenvalue weighted by atomic mass is 14.9. The van der Waals surface area contributed by atoms with E-state index >= 15 is 0 Å². The summed E-state index contributed by atoms with van der Waals surface area (Å²) < 4.78 is 0. The van der Waals surface area contributed by atoms with Gasteiger partial charge < -0.3 is 11.5 Å². The largest absolute Gasteiger partial charge is 0.404 e. The highest BCUT2D eigenvalue weighted by Crippen LogP contribution is 2.35. The second kappa shape index (κ2) is 4.57. The summed E-state index contributed by atoms with van der Waals surface area (Å²) in [4.78, 5) is 8.65. The van der Waals surface area contributed by atoms with Crippen LogP contribution in [0.25, 0.3) is 5.57 Å². The van der Waals surface area contributed by atoms with E-state index in [9.17, 15) is 0 Å². The van der Waals surface area contributed by atoms with Crippen LogP contribution in [-0.4, -0.2) is 16.7 Å². The lowest BCUT2D eigenvalue weighted by Gasteiger charge is -2.34. The summed E-state index contributed by atoms with van der Waals surface area (Å²) >= 11 is 0. The summed E-state index contributed by atoms with van der Waals surface area (Å²) in [5.74, 6) is 0. The number of nitrogen functional groups attached to an aromatic ring is 1. The topological polar surface area (TPSA) is 77.3 Å². The second-order valence-corrected chi connectivity index (χ2v) is 4.74. The molecule has 4 nitrogen and oxygen atoms in total. The lowest BCUT2D eigenvalue weighted by Crippen LogP contribution is -2.30. The summed E-state index contributed by atoms with van der Waals surface area (Å²) in [6, 6.07) is 1.85. The van der Waals surface area contributed by atoms with E-state index < -0.39 is 0 Å². The lowest BCUT2D eigenvalue weighted by molar-refractivity contribution is 0.281. The number of aliphatic imine (C=N–C) groups is 1. The van der Waals surface area contributed by atoms with E-state index in [2.05, 4.69) is 16.9 Å². The van der Waals surface area contributed by atoms with Crippen LogP contribution in [0.3, 0.4) is 0 Å². The minimum atomic E-state index is 0.0992. The molecule has 1 fully saturated rings. The maximum Gasteiger partial charge on any atom is 0.0580 e. The number of aromatic nitrogens is 1. The first kappa shape index (κ1) is 11.6. The smallest absolute Gasteiger partial charge is 0.0580 e. The number of pyridine rings is 1. The van der Waals surface area contributed by atoms with Crippen molar-refractivity contribution in [1.29, 1.82) is 0 Å². The highest BCUT2D eigenvalue weighted by molar-refractivity contribution is 6.09. The van der Waals surface area contributed by atoms with Crippen molar-refractivity contribution < 1.29 is 0 Å². The molecule has 1 aromatic heterocycles. The molecule has 1 aliphatic carbocycles. The normalized spacial score (nSPS) is 19.2. The molecule has 0 bridgehead atoms. The van der Waals surface area contributed by atoms with Gasteiger partial charge in [0, 0.05) is 35.9 Å². The number of hydrogen-bond acceptors (Lipinski definition) is 4. The summed E-state index contributed by atoms with van der Waals surface area (Å²) in [5.41, 5.74) is 13.8. The Morgan fingerprint density at radius 1 is 1.47 bits per heavy atom. The van der Waals surface area contributed by atoms with Gasteiger partial charge in [-0.3, -0.25) is 9.98 Å². The third-order valence-electron chi connectivity index (χ3n) is 3.22. The lowest BCUT2D eigenvalue weighted by atomic mass is 9.79. The van der Waals surface area contributed by atoms with Gasteiger partial charge in [-0.2, -0.15) is 0 Å². The maximum atomic E-state index is 5.70. The van der Waals surface area contributed by atoms with E-state index in [1.807, 2.05) is 12.3 Å². The van der Waals surface area contributed by atoms with Crippen molar-refractivity contribution in [3.8, 4) is 0 Å². The van der Waals surface area contributed by atoms with Gasteiger partial charge in [-0.15, -0.1) is 0 Å². The molecule has 1 aromatic rings. The molecule has 90 valence electrons. The molecular weight excluding hydrogens is 212 g/mol. The van der Waals surface area contributed by atoms with Crippen molar-refractivity contribution in [2.24, 2.45) is 10.7 Å². The van der Waals surface area contributed by atoms with Crippen molar-refractivity contribution in [3.05, 3.63) is 30.2 Å². The van der Waals surface area contributed by atoms with Crippen LogP contribution in [-0.2, 0) is 0 Å². The number of nitrogens with two attached hydrogens (primary N) is 2. The van der Waals surface area contributed by atoms with Gasteiger partial charge in [0.2, 0.25) is 0 Å². The van der Waals surface area contributed by atoms with Crippen molar-refractivity contribution in [3.63, 3.8) is 0 Å². The Kier molecular flexibility index (Phi) is 3.13. The van der Waals surface area contributed by atoms with Crippen molar-refractivity contribution in [1.82, 2.24) is 4.98 Å². The minimum Gasteiger partial charge on any atom is -0.404 e. The molecule has 0 spiro atoms. The van der Waals surface area contributed by atoms with Crippen LogP contribution < -0.4 is 11.5 Å². The van der Waals surface area contributed by atoms with Gasteiger partial charge >= 0.3 is 0 Å². The number of nitrogens with zero attached hydrogens (tertiary/aromatic N) is 2. The quantitative estimate of drug-likeness (QED) is 0.779. The molecule has 4 N–H and O–H groups in total. The van der Waals surface area contributed by atoms with Crippen LogP contribution in [0.15, 0.2) is 29.7 Å². The third-order valence-corrected chi connectivity index (χ3v) is 3.22. The Morgan fingerprint density at radius 2 is 2.24 bits per heavy atom. The molecule has 1 heterocycles. The first-order chi connectivity index (χ1) is 8.13. The Hall–Kier alpha value is -1.84. The number of rotatable bonds is 3. The first-order valence-corrected chi connectivity index (χ1v) is 5.81. The average molecular weight is 230 g/mol. The van der Waals surface area contributed by atoms with Crippen molar-refractivity contribution in [2.75, 3.05) is 5.73 Å². The van der Waals surface area contributed by atoms with Crippen LogP contribution in [0.1, 0.15) is 31.7 Å². The fourth-order valence-corrected chi connectivity index (χ4v) is 1.87. The van der Waals surface area contributed by atoms with Crippen LogP contribution in [0.2, 0.25) is 0 Å². The minimum absolute atomic E-state index is 0.0992. The van der Waals surface area contributed by atoms with E-state index in [-0.39, 0.29) is 5.54 Å². The van der Waals surface area contributed by atoms with Gasteiger partial charge in [-0.05, 0) is 32.3 Å². The zero-order valence-electron chi connectivity index (χ0n) is 10.1. The molecule has 0 unspecified atom stereocenters. The Labute approximate surface area is 101 Å². The van der Waals surface area contributed by atoms with Crippen molar-refractivity contribution >= 4 is 17.5 Å². The SMILES string of the molecule is CC1(N=C/C(=C\N)c2cncc(N)c2)CCC1. The van der Waals surface area contributed by atoms with Gasteiger partial charge in [0.05, 0.1) is 11.2 Å².